The first-order valence-corrected chi connectivity index (χ1v) is 8.89. The summed E-state index contributed by atoms with van der Waals surface area (Å²) < 4.78 is 1.63. The summed E-state index contributed by atoms with van der Waals surface area (Å²) in [7, 11) is 0. The highest BCUT2D eigenvalue weighted by atomic mass is 35.5. The minimum atomic E-state index is -0.0780. The highest BCUT2D eigenvalue weighted by Gasteiger charge is 2.11. The number of para-hydroxylation sites is 1. The first kappa shape index (κ1) is 17.0. The first-order valence-electron chi connectivity index (χ1n) is 7.52. The third-order valence-electron chi connectivity index (χ3n) is 3.52. The maximum Gasteiger partial charge on any atom is 0.262 e. The van der Waals surface area contributed by atoms with Gasteiger partial charge < -0.3 is 5.11 Å². The Bertz CT molecular complexity index is 896. The normalized spacial score (nSPS) is 11.1. The monoisotopic (exact) mass is 361 g/mol. The number of hydrogen-bond donors (Lipinski definition) is 1. The van der Waals surface area contributed by atoms with Crippen molar-refractivity contribution in [1.29, 1.82) is 0 Å². The highest BCUT2D eigenvalue weighted by Crippen LogP contribution is 2.22. The van der Waals surface area contributed by atoms with Gasteiger partial charge in [0.15, 0.2) is 5.16 Å². The van der Waals surface area contributed by atoms with Crippen molar-refractivity contribution in [2.24, 2.45) is 0 Å². The van der Waals surface area contributed by atoms with Gasteiger partial charge in [-0.15, -0.1) is 0 Å². The molecule has 0 radical (unpaired) electrons. The van der Waals surface area contributed by atoms with Crippen LogP contribution >= 0.6 is 23.4 Å². The Morgan fingerprint density at radius 1 is 1.21 bits per heavy atom. The summed E-state index contributed by atoms with van der Waals surface area (Å²) >= 11 is 7.27. The van der Waals surface area contributed by atoms with Crippen LogP contribution in [0.5, 0.6) is 0 Å². The number of halogens is 1. The molecule has 0 aliphatic rings. The lowest BCUT2D eigenvalue weighted by molar-refractivity contribution is 0.276. The van der Waals surface area contributed by atoms with Crippen molar-refractivity contribution in [1.82, 2.24) is 14.5 Å². The number of thioether (sulfide) groups is 1. The van der Waals surface area contributed by atoms with Gasteiger partial charge in [-0.2, -0.15) is 0 Å². The highest BCUT2D eigenvalue weighted by molar-refractivity contribution is 7.98. The molecule has 0 aliphatic carbocycles. The third-order valence-corrected chi connectivity index (χ3v) is 4.79. The molecule has 0 atom stereocenters. The van der Waals surface area contributed by atoms with E-state index >= 15 is 0 Å². The molecular weight excluding hydrogens is 346 g/mol. The number of pyridine rings is 1. The number of hydrogen-bond acceptors (Lipinski definition) is 5. The maximum absolute atomic E-state index is 12.7. The molecule has 24 heavy (non-hydrogen) atoms. The fraction of sp³-hybridized carbons (Fsp3) is 0.235. The molecule has 2 aromatic heterocycles. The summed E-state index contributed by atoms with van der Waals surface area (Å²) in [4.78, 5) is 21.4. The quantitative estimate of drug-likeness (QED) is 0.415. The summed E-state index contributed by atoms with van der Waals surface area (Å²) in [6.07, 6.45) is 2.22. The summed E-state index contributed by atoms with van der Waals surface area (Å²) in [6.45, 7) is 0.471. The van der Waals surface area contributed by atoms with Crippen LogP contribution in [0.4, 0.5) is 0 Å². The summed E-state index contributed by atoms with van der Waals surface area (Å²) in [6, 6.07) is 10.9. The molecule has 124 valence electrons. The van der Waals surface area contributed by atoms with E-state index in [1.807, 2.05) is 24.3 Å². The second-order valence-corrected chi connectivity index (χ2v) is 6.55. The van der Waals surface area contributed by atoms with Crippen LogP contribution in [0.15, 0.2) is 52.5 Å². The molecule has 5 nitrogen and oxygen atoms in total. The van der Waals surface area contributed by atoms with Gasteiger partial charge in [0.2, 0.25) is 0 Å². The molecule has 1 aromatic carbocycles. The Kier molecular flexibility index (Phi) is 5.50. The summed E-state index contributed by atoms with van der Waals surface area (Å²) in [5, 5.41) is 10.8. The van der Waals surface area contributed by atoms with Gasteiger partial charge in [-0.1, -0.05) is 41.6 Å². The summed E-state index contributed by atoms with van der Waals surface area (Å²) in [5.74, 6) is 0.633. The van der Waals surface area contributed by atoms with E-state index in [2.05, 4.69) is 9.97 Å². The SMILES string of the molecule is O=c1c2ccccc2nc(SCc2ccc(Cl)nc2)n1CCCO. The molecule has 0 bridgehead atoms. The van der Waals surface area contributed by atoms with E-state index in [4.69, 9.17) is 16.7 Å². The Morgan fingerprint density at radius 2 is 2.04 bits per heavy atom. The molecule has 0 saturated carbocycles. The average molecular weight is 362 g/mol. The minimum absolute atomic E-state index is 0.0322. The molecule has 3 aromatic rings. The zero-order valence-electron chi connectivity index (χ0n) is 12.9. The van der Waals surface area contributed by atoms with Crippen LogP contribution < -0.4 is 5.56 Å². The molecule has 0 amide bonds. The van der Waals surface area contributed by atoms with E-state index in [1.165, 1.54) is 11.8 Å². The molecule has 0 spiro atoms. The zero-order chi connectivity index (χ0) is 16.9. The summed E-state index contributed by atoms with van der Waals surface area (Å²) in [5.41, 5.74) is 1.60. The number of nitrogens with zero attached hydrogens (tertiary/aromatic N) is 3. The minimum Gasteiger partial charge on any atom is -0.396 e. The van der Waals surface area contributed by atoms with E-state index in [0.29, 0.717) is 39.9 Å². The van der Waals surface area contributed by atoms with Gasteiger partial charge in [0.05, 0.1) is 10.9 Å². The lowest BCUT2D eigenvalue weighted by Crippen LogP contribution is -2.24. The topological polar surface area (TPSA) is 68.0 Å². The predicted octanol–water partition coefficient (Wildman–Crippen LogP) is 3.12. The van der Waals surface area contributed by atoms with Gasteiger partial charge in [-0.3, -0.25) is 9.36 Å². The molecule has 0 saturated heterocycles. The second-order valence-electron chi connectivity index (χ2n) is 5.22. The molecule has 3 rings (SSSR count). The second kappa shape index (κ2) is 7.79. The fourth-order valence-electron chi connectivity index (χ4n) is 2.32. The molecule has 0 aliphatic heterocycles. The van der Waals surface area contributed by atoms with Gasteiger partial charge in [0.25, 0.3) is 5.56 Å². The van der Waals surface area contributed by atoms with Crippen LogP contribution in [0.1, 0.15) is 12.0 Å². The lowest BCUT2D eigenvalue weighted by atomic mass is 10.2. The number of aromatic nitrogens is 3. The van der Waals surface area contributed by atoms with Gasteiger partial charge in [0.1, 0.15) is 5.15 Å². The van der Waals surface area contributed by atoms with Crippen molar-refractivity contribution < 1.29 is 5.11 Å². The Morgan fingerprint density at radius 3 is 2.79 bits per heavy atom. The average Bonchev–Trinajstić information content (AvgIpc) is 2.61. The Hall–Kier alpha value is -1.89. The van der Waals surface area contributed by atoms with Crippen molar-refractivity contribution >= 4 is 34.3 Å². The molecular formula is C17H16ClN3O2S. The number of aliphatic hydroxyl groups is 1. The van der Waals surface area contributed by atoms with Crippen molar-refractivity contribution in [3.8, 4) is 0 Å². The van der Waals surface area contributed by atoms with E-state index in [0.717, 1.165) is 5.56 Å². The molecule has 0 fully saturated rings. The van der Waals surface area contributed by atoms with Crippen LogP contribution in [0.3, 0.4) is 0 Å². The zero-order valence-corrected chi connectivity index (χ0v) is 14.4. The molecule has 2 heterocycles. The van der Waals surface area contributed by atoms with E-state index < -0.39 is 0 Å². The number of fused-ring (bicyclic) bond motifs is 1. The van der Waals surface area contributed by atoms with Crippen LogP contribution in [0, 0.1) is 0 Å². The molecule has 1 N–H and O–H groups in total. The van der Waals surface area contributed by atoms with Gasteiger partial charge >= 0.3 is 0 Å². The van der Waals surface area contributed by atoms with Crippen molar-refractivity contribution in [3.63, 3.8) is 0 Å². The van der Waals surface area contributed by atoms with Gasteiger partial charge in [0, 0.05) is 25.1 Å². The number of benzene rings is 1. The van der Waals surface area contributed by atoms with Crippen LogP contribution in [-0.2, 0) is 12.3 Å². The standard InChI is InChI=1S/C17H16ClN3O2S/c18-15-7-6-12(10-19-15)11-24-17-20-14-5-2-1-4-13(14)16(23)21(17)8-3-9-22/h1-2,4-7,10,22H,3,8-9,11H2. The van der Waals surface area contributed by atoms with Crippen LogP contribution in [0.25, 0.3) is 10.9 Å². The van der Waals surface area contributed by atoms with Gasteiger partial charge in [-0.05, 0) is 30.2 Å². The number of aliphatic hydroxyl groups excluding tert-OH is 1. The third kappa shape index (κ3) is 3.77. The van der Waals surface area contributed by atoms with Crippen molar-refractivity contribution in [2.75, 3.05) is 6.61 Å². The van der Waals surface area contributed by atoms with Crippen molar-refractivity contribution in [2.45, 2.75) is 23.9 Å². The molecule has 7 heteroatoms. The molecule has 0 unspecified atom stereocenters. The first-order chi connectivity index (χ1) is 11.7. The van der Waals surface area contributed by atoms with Crippen LogP contribution in [0.2, 0.25) is 5.15 Å². The van der Waals surface area contributed by atoms with E-state index in [-0.39, 0.29) is 12.2 Å². The maximum atomic E-state index is 12.7. The van der Waals surface area contributed by atoms with E-state index in [9.17, 15) is 4.79 Å². The predicted molar refractivity (Wildman–Crippen MR) is 96.5 cm³/mol. The van der Waals surface area contributed by atoms with Crippen molar-refractivity contribution in [3.05, 3.63) is 63.7 Å². The smallest absolute Gasteiger partial charge is 0.262 e. The number of rotatable bonds is 6. The Labute approximate surface area is 148 Å². The van der Waals surface area contributed by atoms with Crippen LogP contribution in [-0.4, -0.2) is 26.2 Å². The fourth-order valence-corrected chi connectivity index (χ4v) is 3.39. The van der Waals surface area contributed by atoms with E-state index in [1.54, 1.807) is 22.9 Å². The van der Waals surface area contributed by atoms with Gasteiger partial charge in [-0.25, -0.2) is 9.97 Å². The lowest BCUT2D eigenvalue weighted by Gasteiger charge is -2.12. The largest absolute Gasteiger partial charge is 0.396 e. The Balaban J connectivity index is 1.95.